The first kappa shape index (κ1) is 20.8. The third-order valence-corrected chi connectivity index (χ3v) is 5.37. The minimum atomic E-state index is -0.866. The van der Waals surface area contributed by atoms with E-state index in [1.807, 2.05) is 6.92 Å². The first-order chi connectivity index (χ1) is 13.7. The lowest BCUT2D eigenvalue weighted by Crippen LogP contribution is -2.46. The van der Waals surface area contributed by atoms with Gasteiger partial charge in [-0.1, -0.05) is 23.7 Å². The summed E-state index contributed by atoms with van der Waals surface area (Å²) in [5, 5.41) is 19.8. The van der Waals surface area contributed by atoms with Crippen molar-refractivity contribution >= 4 is 50.8 Å². The zero-order chi connectivity index (χ0) is 21.3. The van der Waals surface area contributed by atoms with Crippen LogP contribution in [0.4, 0.5) is 16.2 Å². The molecule has 1 heterocycles. The lowest BCUT2D eigenvalue weighted by molar-refractivity contribution is -0.385. The summed E-state index contributed by atoms with van der Waals surface area (Å²) in [6.07, 6.45) is 0. The Balaban J connectivity index is 2.02. The van der Waals surface area contributed by atoms with Gasteiger partial charge in [-0.05, 0) is 59.1 Å². The predicted octanol–water partition coefficient (Wildman–Crippen LogP) is 4.59. The second-order valence-corrected chi connectivity index (χ2v) is 7.74. The number of hydrogen-bond donors (Lipinski definition) is 3. The number of nitro groups is 1. The molecule has 10 heteroatoms. The van der Waals surface area contributed by atoms with Crippen LogP contribution >= 0.6 is 27.5 Å². The van der Waals surface area contributed by atoms with Crippen LogP contribution in [-0.4, -0.2) is 16.9 Å². The minimum Gasteiger partial charge on any atom is -0.327 e. The number of carbonyl (C=O) groups excluding carboxylic acids is 2. The quantitative estimate of drug-likeness (QED) is 0.440. The first-order valence-corrected chi connectivity index (χ1v) is 9.64. The third kappa shape index (κ3) is 4.41. The number of hydrogen-bond acceptors (Lipinski definition) is 4. The van der Waals surface area contributed by atoms with Crippen molar-refractivity contribution in [1.29, 1.82) is 0 Å². The molecule has 1 atom stereocenters. The lowest BCUT2D eigenvalue weighted by Gasteiger charge is -2.28. The number of nitro benzene ring substituents is 1. The number of rotatable bonds is 4. The second kappa shape index (κ2) is 8.22. The molecule has 8 nitrogen and oxygen atoms in total. The van der Waals surface area contributed by atoms with E-state index in [2.05, 4.69) is 31.9 Å². The first-order valence-electron chi connectivity index (χ1n) is 8.47. The zero-order valence-electron chi connectivity index (χ0n) is 15.4. The van der Waals surface area contributed by atoms with Crippen molar-refractivity contribution in [3.63, 3.8) is 0 Å². The Morgan fingerprint density at radius 3 is 2.66 bits per heavy atom. The van der Waals surface area contributed by atoms with Crippen molar-refractivity contribution in [2.45, 2.75) is 19.9 Å². The lowest BCUT2D eigenvalue weighted by atomic mass is 9.94. The molecule has 0 spiro atoms. The molecule has 2 aromatic carbocycles. The molecular weight excluding hydrogens is 464 g/mol. The number of urea groups is 1. The zero-order valence-corrected chi connectivity index (χ0v) is 17.7. The van der Waals surface area contributed by atoms with Gasteiger partial charge in [0.1, 0.15) is 0 Å². The Bertz CT molecular complexity index is 1070. The maximum Gasteiger partial charge on any atom is 0.319 e. The Morgan fingerprint density at radius 1 is 1.24 bits per heavy atom. The van der Waals surface area contributed by atoms with E-state index in [1.165, 1.54) is 12.1 Å². The molecule has 2 aromatic rings. The van der Waals surface area contributed by atoms with Gasteiger partial charge in [0.15, 0.2) is 0 Å². The monoisotopic (exact) mass is 478 g/mol. The van der Waals surface area contributed by atoms with Crippen LogP contribution in [0.5, 0.6) is 0 Å². The molecule has 3 amide bonds. The fourth-order valence-corrected chi connectivity index (χ4v) is 3.58. The summed E-state index contributed by atoms with van der Waals surface area (Å²) in [5.74, 6) is -0.462. The van der Waals surface area contributed by atoms with Crippen molar-refractivity contribution in [2.75, 3.05) is 5.32 Å². The summed E-state index contributed by atoms with van der Waals surface area (Å²) in [4.78, 5) is 35.8. The van der Waals surface area contributed by atoms with Gasteiger partial charge in [-0.3, -0.25) is 14.9 Å². The van der Waals surface area contributed by atoms with Crippen molar-refractivity contribution in [2.24, 2.45) is 0 Å². The Morgan fingerprint density at radius 2 is 1.97 bits per heavy atom. The Kier molecular flexibility index (Phi) is 5.90. The van der Waals surface area contributed by atoms with Crippen LogP contribution in [0.3, 0.4) is 0 Å². The van der Waals surface area contributed by atoms with Gasteiger partial charge >= 0.3 is 6.03 Å². The summed E-state index contributed by atoms with van der Waals surface area (Å²) in [6.45, 7) is 3.42. The van der Waals surface area contributed by atoms with Crippen LogP contribution in [-0.2, 0) is 4.79 Å². The number of allylic oxidation sites excluding steroid dienone is 1. The largest absolute Gasteiger partial charge is 0.327 e. The van der Waals surface area contributed by atoms with E-state index >= 15 is 0 Å². The van der Waals surface area contributed by atoms with Gasteiger partial charge in [-0.15, -0.1) is 0 Å². The molecule has 0 aromatic heterocycles. The maximum atomic E-state index is 13.1. The van der Waals surface area contributed by atoms with E-state index in [1.54, 1.807) is 31.2 Å². The van der Waals surface area contributed by atoms with Gasteiger partial charge in [-0.25, -0.2) is 4.79 Å². The fourth-order valence-electron chi connectivity index (χ4n) is 3.01. The average molecular weight is 480 g/mol. The van der Waals surface area contributed by atoms with Crippen molar-refractivity contribution in [3.8, 4) is 0 Å². The van der Waals surface area contributed by atoms with Gasteiger partial charge < -0.3 is 16.0 Å². The number of benzene rings is 2. The van der Waals surface area contributed by atoms with Crippen LogP contribution in [0.25, 0.3) is 0 Å². The normalized spacial score (nSPS) is 16.1. The number of nitrogens with zero attached hydrogens (tertiary/aromatic N) is 1. The summed E-state index contributed by atoms with van der Waals surface area (Å²) in [6, 6.07) is 8.18. The summed E-state index contributed by atoms with van der Waals surface area (Å²) in [7, 11) is 0. The highest BCUT2D eigenvalue weighted by Crippen LogP contribution is 2.33. The summed E-state index contributed by atoms with van der Waals surface area (Å²) in [5.41, 5.74) is 2.16. The smallest absolute Gasteiger partial charge is 0.319 e. The molecule has 0 bridgehead atoms. The van der Waals surface area contributed by atoms with Crippen LogP contribution < -0.4 is 16.0 Å². The third-order valence-electron chi connectivity index (χ3n) is 4.46. The van der Waals surface area contributed by atoms with Gasteiger partial charge in [-0.2, -0.15) is 0 Å². The molecule has 0 aliphatic carbocycles. The highest BCUT2D eigenvalue weighted by molar-refractivity contribution is 9.10. The van der Waals surface area contributed by atoms with E-state index in [-0.39, 0.29) is 11.3 Å². The molecule has 0 unspecified atom stereocenters. The number of anilines is 1. The molecule has 0 radical (unpaired) electrons. The standard InChI is InChI=1S/C19H16BrClN4O4/c1-9-3-5-12(21)8-14(9)23-18(26)16-10(2)22-19(27)24-17(16)11-4-6-13(20)15(7-11)25(28)29/h3-8,17H,1-2H3,(H,23,26)(H2,22,24,27)/t17-/m1/s1. The molecule has 0 fully saturated rings. The molecule has 3 N–H and O–H groups in total. The topological polar surface area (TPSA) is 113 Å². The SMILES string of the molecule is CC1=C(C(=O)Nc2cc(Cl)ccc2C)[C@@H](c2ccc(Br)c([N+](=O)[O-])c2)NC(=O)N1. The maximum absolute atomic E-state index is 13.1. The molecule has 0 saturated carbocycles. The van der Waals surface area contributed by atoms with Crippen LogP contribution in [0.15, 0.2) is 52.1 Å². The second-order valence-electron chi connectivity index (χ2n) is 6.45. The minimum absolute atomic E-state index is 0.168. The number of aryl methyl sites for hydroxylation is 1. The molecule has 3 rings (SSSR count). The van der Waals surface area contributed by atoms with Gasteiger partial charge in [0, 0.05) is 22.5 Å². The van der Waals surface area contributed by atoms with Crippen molar-refractivity contribution in [1.82, 2.24) is 10.6 Å². The van der Waals surface area contributed by atoms with E-state index in [0.717, 1.165) is 5.56 Å². The van der Waals surface area contributed by atoms with Crippen LogP contribution in [0.2, 0.25) is 5.02 Å². The van der Waals surface area contributed by atoms with Gasteiger partial charge in [0.25, 0.3) is 11.6 Å². The number of carbonyl (C=O) groups is 2. The highest BCUT2D eigenvalue weighted by Gasteiger charge is 2.32. The summed E-state index contributed by atoms with van der Waals surface area (Å²) >= 11 is 9.16. The number of amides is 3. The van der Waals surface area contributed by atoms with Gasteiger partial charge in [0.2, 0.25) is 0 Å². The molecule has 29 heavy (non-hydrogen) atoms. The van der Waals surface area contributed by atoms with E-state index in [4.69, 9.17) is 11.6 Å². The molecule has 0 saturated heterocycles. The van der Waals surface area contributed by atoms with E-state index in [9.17, 15) is 19.7 Å². The van der Waals surface area contributed by atoms with Gasteiger partial charge in [0.05, 0.1) is 21.0 Å². The molecular formula is C19H16BrClN4O4. The van der Waals surface area contributed by atoms with Crippen LogP contribution in [0, 0.1) is 17.0 Å². The number of halogens is 2. The van der Waals surface area contributed by atoms with Crippen LogP contribution in [0.1, 0.15) is 24.1 Å². The number of nitrogens with one attached hydrogen (secondary N) is 3. The Labute approximate surface area is 179 Å². The molecule has 1 aliphatic heterocycles. The van der Waals surface area contributed by atoms with Crippen molar-refractivity contribution in [3.05, 3.63) is 78.4 Å². The fraction of sp³-hybridized carbons (Fsp3) is 0.158. The van der Waals surface area contributed by atoms with E-state index < -0.39 is 22.9 Å². The highest BCUT2D eigenvalue weighted by atomic mass is 79.9. The summed E-state index contributed by atoms with van der Waals surface area (Å²) < 4.78 is 0.299. The predicted molar refractivity (Wildman–Crippen MR) is 113 cm³/mol. The average Bonchev–Trinajstić information content (AvgIpc) is 2.64. The molecule has 1 aliphatic rings. The van der Waals surface area contributed by atoms with Crippen molar-refractivity contribution < 1.29 is 14.5 Å². The molecule has 150 valence electrons. The Hall–Kier alpha value is -2.91. The van der Waals surface area contributed by atoms with E-state index in [0.29, 0.717) is 26.4 Å².